The summed E-state index contributed by atoms with van der Waals surface area (Å²) in [6.45, 7) is 24.6. The van der Waals surface area contributed by atoms with Gasteiger partial charge < -0.3 is 8.83 Å². The van der Waals surface area contributed by atoms with Crippen LogP contribution in [0.15, 0.2) is 149 Å². The van der Waals surface area contributed by atoms with Gasteiger partial charge in [0.1, 0.15) is 23.6 Å². The van der Waals surface area contributed by atoms with Crippen LogP contribution in [0.4, 0.5) is 11.4 Å². The second kappa shape index (κ2) is 16.9. The maximum absolute atomic E-state index is 13.9. The number of hydrogen-bond donors (Lipinski definition) is 0. The lowest BCUT2D eigenvalue weighted by atomic mass is 9.70. The van der Waals surface area contributed by atoms with Gasteiger partial charge in [0.25, 0.3) is 0 Å². The number of nitrogens with zero attached hydrogens (tertiary/aromatic N) is 4. The first-order valence-corrected chi connectivity index (χ1v) is 21.2. The van der Waals surface area contributed by atoms with Crippen molar-refractivity contribution in [1.29, 1.82) is 0 Å². The quantitative estimate of drug-likeness (QED) is 0.156. The SMILES string of the molecule is CC(C)(C)C1=CC(C(/N=N/c2ccc(Cl)cc2)c2ccc(-c3ccc(C(/N=N/c4ccc(Cl)cc4)C4C=C(C(C)(C)C)C(=O)C(C(C)(C)C)=C4)o3)o2)C=C(C(C)(C)C)C1=O. The van der Waals surface area contributed by atoms with Gasteiger partial charge in [0.2, 0.25) is 0 Å². The summed E-state index contributed by atoms with van der Waals surface area (Å²) < 4.78 is 13.3. The van der Waals surface area contributed by atoms with Crippen LogP contribution < -0.4 is 0 Å². The van der Waals surface area contributed by atoms with Gasteiger partial charge in [-0.2, -0.15) is 20.5 Å². The van der Waals surface area contributed by atoms with E-state index in [0.29, 0.717) is 44.5 Å². The van der Waals surface area contributed by atoms with E-state index in [9.17, 15) is 9.59 Å². The van der Waals surface area contributed by atoms with E-state index >= 15 is 0 Å². The summed E-state index contributed by atoms with van der Waals surface area (Å²) in [6, 6.07) is 20.6. The number of carbonyl (C=O) groups excluding carboxylic acids is 2. The second-order valence-electron chi connectivity index (χ2n) is 19.8. The van der Waals surface area contributed by atoms with Crippen LogP contribution in [-0.4, -0.2) is 11.6 Å². The van der Waals surface area contributed by atoms with Gasteiger partial charge in [-0.3, -0.25) is 9.59 Å². The molecule has 0 radical (unpaired) electrons. The molecule has 2 aliphatic rings. The minimum atomic E-state index is -0.616. The Bertz CT molecular complexity index is 2190. The Kier molecular flexibility index (Phi) is 12.5. The number of halogens is 2. The molecule has 0 amide bonds. The normalized spacial score (nSPS) is 17.6. The third kappa shape index (κ3) is 10.2. The predicted molar refractivity (Wildman–Crippen MR) is 241 cm³/mol. The molecule has 6 rings (SSSR count). The molecule has 0 saturated heterocycles. The van der Waals surface area contributed by atoms with Gasteiger partial charge in [0, 0.05) is 44.2 Å². The summed E-state index contributed by atoms with van der Waals surface area (Å²) in [7, 11) is 0. The highest BCUT2D eigenvalue weighted by atomic mass is 35.5. The van der Waals surface area contributed by atoms with E-state index in [1.165, 1.54) is 0 Å². The van der Waals surface area contributed by atoms with E-state index in [0.717, 1.165) is 22.3 Å². The van der Waals surface area contributed by atoms with E-state index in [1.807, 2.05) is 48.6 Å². The molecule has 2 unspecified atom stereocenters. The van der Waals surface area contributed by atoms with Gasteiger partial charge in [0.05, 0.1) is 11.4 Å². The molecule has 0 spiro atoms. The standard InChI is InChI=1S/C50H56Cl2N4O4/c1-47(2,3)35-25-29(26-36(45(35)57)48(4,5)6)43(55-53-33-17-13-31(51)14-18-33)41-23-21-39(59-41)40-22-24-42(60-40)44(56-54-34-19-15-32(52)16-20-34)30-27-37(49(7,8)9)46(58)38(28-30)50(10,11)12/h13-30,43-44H,1-12H3/b55-53+,56-54+. The smallest absolute Gasteiger partial charge is 0.185 e. The fourth-order valence-corrected chi connectivity index (χ4v) is 7.65. The van der Waals surface area contributed by atoms with Crippen molar-refractivity contribution in [3.8, 4) is 11.5 Å². The largest absolute Gasteiger partial charge is 0.455 e. The summed E-state index contributed by atoms with van der Waals surface area (Å²) in [5, 5.41) is 20.2. The first kappa shape index (κ1) is 44.6. The highest BCUT2D eigenvalue weighted by Crippen LogP contribution is 2.46. The number of azo groups is 2. The molecule has 0 fully saturated rings. The van der Waals surface area contributed by atoms with Gasteiger partial charge in [-0.05, 0) is 94.5 Å². The van der Waals surface area contributed by atoms with Gasteiger partial charge in [-0.1, -0.05) is 131 Å². The van der Waals surface area contributed by atoms with Crippen LogP contribution in [0.3, 0.4) is 0 Å². The third-order valence-electron chi connectivity index (χ3n) is 10.7. The van der Waals surface area contributed by atoms with Crippen molar-refractivity contribution in [1.82, 2.24) is 0 Å². The number of furan rings is 2. The molecule has 10 heteroatoms. The Morgan fingerprint density at radius 2 is 0.733 bits per heavy atom. The zero-order valence-corrected chi connectivity index (χ0v) is 38.2. The van der Waals surface area contributed by atoms with Crippen LogP contribution in [-0.2, 0) is 9.59 Å². The summed E-state index contributed by atoms with van der Waals surface area (Å²) in [5.41, 5.74) is 2.54. The number of allylic oxidation sites excluding steroid dienone is 4. The Morgan fingerprint density at radius 3 is 1.00 bits per heavy atom. The number of carbonyl (C=O) groups is 2. The van der Waals surface area contributed by atoms with Crippen molar-refractivity contribution in [2.45, 2.75) is 95.2 Å². The highest BCUT2D eigenvalue weighted by molar-refractivity contribution is 6.30. The second-order valence-corrected chi connectivity index (χ2v) is 20.7. The van der Waals surface area contributed by atoms with Crippen LogP contribution in [0.25, 0.3) is 11.5 Å². The van der Waals surface area contributed by atoms with Crippen molar-refractivity contribution in [2.24, 2.45) is 54.0 Å². The van der Waals surface area contributed by atoms with Gasteiger partial charge in [0.15, 0.2) is 23.1 Å². The Hall–Kier alpha value is -4.92. The Morgan fingerprint density at radius 1 is 0.450 bits per heavy atom. The van der Waals surface area contributed by atoms with Crippen LogP contribution in [0.5, 0.6) is 0 Å². The Labute approximate surface area is 364 Å². The van der Waals surface area contributed by atoms with Crippen molar-refractivity contribution in [3.05, 3.63) is 141 Å². The molecule has 2 aliphatic carbocycles. The van der Waals surface area contributed by atoms with Crippen molar-refractivity contribution in [2.75, 3.05) is 0 Å². The minimum Gasteiger partial charge on any atom is -0.455 e. The van der Waals surface area contributed by atoms with Crippen LogP contribution in [0.2, 0.25) is 10.0 Å². The first-order chi connectivity index (χ1) is 27.9. The topological polar surface area (TPSA) is 110 Å². The maximum Gasteiger partial charge on any atom is 0.185 e. The molecule has 2 aromatic heterocycles. The number of benzene rings is 2. The lowest BCUT2D eigenvalue weighted by Crippen LogP contribution is -2.30. The van der Waals surface area contributed by atoms with Gasteiger partial charge in [-0.25, -0.2) is 0 Å². The molecule has 60 heavy (non-hydrogen) atoms. The van der Waals surface area contributed by atoms with Crippen molar-refractivity contribution in [3.63, 3.8) is 0 Å². The van der Waals surface area contributed by atoms with E-state index in [-0.39, 0.29) is 23.4 Å². The lowest BCUT2D eigenvalue weighted by molar-refractivity contribution is -0.115. The molecule has 8 nitrogen and oxygen atoms in total. The molecule has 4 aromatic rings. The number of rotatable bonds is 9. The minimum absolute atomic E-state index is 0.0434. The van der Waals surface area contributed by atoms with Crippen molar-refractivity contribution < 1.29 is 18.4 Å². The molecule has 314 valence electrons. The summed E-state index contributed by atoms with van der Waals surface area (Å²) in [4.78, 5) is 27.8. The van der Waals surface area contributed by atoms with Crippen LogP contribution in [0, 0.1) is 33.5 Å². The molecular formula is C50H56Cl2N4O4. The van der Waals surface area contributed by atoms with Crippen LogP contribution >= 0.6 is 23.2 Å². The van der Waals surface area contributed by atoms with Crippen LogP contribution in [0.1, 0.15) is 107 Å². The zero-order chi connectivity index (χ0) is 43.9. The monoisotopic (exact) mass is 846 g/mol. The molecule has 0 bridgehead atoms. The molecule has 0 aliphatic heterocycles. The molecule has 0 saturated carbocycles. The summed E-state index contributed by atoms with van der Waals surface area (Å²) in [5.74, 6) is 1.48. The number of ketones is 2. The molecule has 2 aromatic carbocycles. The molecular weight excluding hydrogens is 791 g/mol. The third-order valence-corrected chi connectivity index (χ3v) is 11.2. The average molecular weight is 848 g/mol. The molecule has 2 atom stereocenters. The lowest BCUT2D eigenvalue weighted by Gasteiger charge is -2.34. The summed E-state index contributed by atoms with van der Waals surface area (Å²) >= 11 is 12.4. The first-order valence-electron chi connectivity index (χ1n) is 20.4. The molecule has 2 heterocycles. The average Bonchev–Trinajstić information content (AvgIpc) is 3.83. The zero-order valence-electron chi connectivity index (χ0n) is 36.7. The number of Topliss-reactive ketones (excluding diaryl/α,β-unsaturated/α-hetero) is 2. The van der Waals surface area contributed by atoms with Crippen molar-refractivity contribution >= 4 is 46.1 Å². The fraction of sp³-hybridized carbons (Fsp3) is 0.400. The number of hydrogen-bond acceptors (Lipinski definition) is 8. The molecule has 0 N–H and O–H groups in total. The Balaban J connectivity index is 1.44. The van der Waals surface area contributed by atoms with E-state index in [1.54, 1.807) is 48.5 Å². The van der Waals surface area contributed by atoms with E-state index in [4.69, 9.17) is 42.3 Å². The predicted octanol–water partition coefficient (Wildman–Crippen LogP) is 15.8. The summed E-state index contributed by atoms with van der Waals surface area (Å²) in [6.07, 6.45) is 8.06. The van der Waals surface area contributed by atoms with Gasteiger partial charge in [-0.15, -0.1) is 0 Å². The van der Waals surface area contributed by atoms with Gasteiger partial charge >= 0.3 is 0 Å². The fourth-order valence-electron chi connectivity index (χ4n) is 7.39. The van der Waals surface area contributed by atoms with E-state index in [2.05, 4.69) is 93.3 Å². The van der Waals surface area contributed by atoms with E-state index < -0.39 is 33.7 Å². The maximum atomic E-state index is 13.9. The highest BCUT2D eigenvalue weighted by Gasteiger charge is 2.40.